The van der Waals surface area contributed by atoms with Gasteiger partial charge in [-0.25, -0.2) is 0 Å². The molecule has 0 aromatic heterocycles. The quantitative estimate of drug-likeness (QED) is 0.585. The van der Waals surface area contributed by atoms with E-state index in [0.717, 1.165) is 6.42 Å². The lowest BCUT2D eigenvalue weighted by molar-refractivity contribution is -0.128. The second-order valence-corrected chi connectivity index (χ2v) is 4.38. The second kappa shape index (κ2) is 4.75. The van der Waals surface area contributed by atoms with Crippen LogP contribution in [0.4, 0.5) is 0 Å². The van der Waals surface area contributed by atoms with Crippen molar-refractivity contribution in [2.75, 3.05) is 0 Å². The fraction of sp³-hybridized carbons (Fsp3) is 0.636. The Kier molecular flexibility index (Phi) is 3.85. The van der Waals surface area contributed by atoms with Gasteiger partial charge < -0.3 is 5.32 Å². The average molecular weight is 226 g/mol. The summed E-state index contributed by atoms with van der Waals surface area (Å²) >= 11 is 5.15. The zero-order chi connectivity index (χ0) is 11.6. The number of amides is 1. The topological polar surface area (TPSA) is 32.3 Å². The van der Waals surface area contributed by atoms with Gasteiger partial charge in [0.15, 0.2) is 5.11 Å². The molecule has 4 heteroatoms. The third kappa shape index (κ3) is 2.20. The molecule has 1 N–H and O–H groups in total. The molecule has 0 aromatic rings. The molecule has 1 unspecified atom stereocenters. The molecule has 0 radical (unpaired) electrons. The Hall–Kier alpha value is -0.900. The van der Waals surface area contributed by atoms with Crippen molar-refractivity contribution >= 4 is 23.2 Å². The first-order valence-corrected chi connectivity index (χ1v) is 5.69. The van der Waals surface area contributed by atoms with Crippen LogP contribution in [0.15, 0.2) is 12.7 Å². The number of thiocarbonyl (C=S) groups is 1. The molecule has 1 saturated heterocycles. The average Bonchev–Trinajstić information content (AvgIpc) is 2.52. The Balaban J connectivity index is 2.83. The molecular formula is C11H18N2OS. The number of nitrogens with zero attached hydrogens (tertiary/aromatic N) is 1. The van der Waals surface area contributed by atoms with Crippen molar-refractivity contribution in [1.29, 1.82) is 0 Å². The van der Waals surface area contributed by atoms with Crippen LogP contribution < -0.4 is 5.32 Å². The highest BCUT2D eigenvalue weighted by atomic mass is 32.1. The zero-order valence-corrected chi connectivity index (χ0v) is 10.3. The summed E-state index contributed by atoms with van der Waals surface area (Å²) in [6, 6.07) is -0.198. The van der Waals surface area contributed by atoms with E-state index >= 15 is 0 Å². The van der Waals surface area contributed by atoms with E-state index in [2.05, 4.69) is 25.7 Å². The standard InChI is InChI=1S/C11H18N2OS/c1-5-7(3)9-10(14)13(8(4)6-2)11(15)12-9/h6-9H,2,5H2,1,3-4H3,(H,12,15)/t7-,8?,9-/m0/s1. The smallest absolute Gasteiger partial charge is 0.252 e. The van der Waals surface area contributed by atoms with Crippen LogP contribution in [0.25, 0.3) is 0 Å². The molecular weight excluding hydrogens is 208 g/mol. The molecule has 1 heterocycles. The molecule has 0 aliphatic carbocycles. The summed E-state index contributed by atoms with van der Waals surface area (Å²) in [7, 11) is 0. The van der Waals surface area contributed by atoms with Crippen LogP contribution in [0.1, 0.15) is 27.2 Å². The number of rotatable bonds is 4. The largest absolute Gasteiger partial charge is 0.350 e. The van der Waals surface area contributed by atoms with Crippen molar-refractivity contribution in [2.24, 2.45) is 5.92 Å². The Morgan fingerprint density at radius 1 is 1.67 bits per heavy atom. The Labute approximate surface area is 96.5 Å². The summed E-state index contributed by atoms with van der Waals surface area (Å²) in [5, 5.41) is 3.61. The predicted molar refractivity (Wildman–Crippen MR) is 65.5 cm³/mol. The Morgan fingerprint density at radius 3 is 2.73 bits per heavy atom. The van der Waals surface area contributed by atoms with Crippen LogP contribution in [-0.4, -0.2) is 28.0 Å². The van der Waals surface area contributed by atoms with Gasteiger partial charge in [0.2, 0.25) is 0 Å². The van der Waals surface area contributed by atoms with Crippen molar-refractivity contribution in [1.82, 2.24) is 10.2 Å². The van der Waals surface area contributed by atoms with E-state index < -0.39 is 0 Å². The SMILES string of the molecule is C=CC(C)N1C(=O)[C@H]([C@@H](C)CC)NC1=S. The van der Waals surface area contributed by atoms with Gasteiger partial charge in [0.05, 0.1) is 6.04 Å². The molecule has 1 rings (SSSR count). The molecule has 1 aliphatic rings. The Morgan fingerprint density at radius 2 is 2.27 bits per heavy atom. The van der Waals surface area contributed by atoms with Crippen LogP contribution in [-0.2, 0) is 4.79 Å². The van der Waals surface area contributed by atoms with Crippen molar-refractivity contribution in [3.05, 3.63) is 12.7 Å². The van der Waals surface area contributed by atoms with Crippen LogP contribution in [0, 0.1) is 5.92 Å². The summed E-state index contributed by atoms with van der Waals surface area (Å²) in [6.45, 7) is 9.72. The highest BCUT2D eigenvalue weighted by molar-refractivity contribution is 7.80. The lowest BCUT2D eigenvalue weighted by Crippen LogP contribution is -2.38. The van der Waals surface area contributed by atoms with Crippen molar-refractivity contribution in [3.8, 4) is 0 Å². The zero-order valence-electron chi connectivity index (χ0n) is 9.49. The molecule has 3 atom stereocenters. The molecule has 1 aliphatic heterocycles. The molecule has 0 spiro atoms. The lowest BCUT2D eigenvalue weighted by Gasteiger charge is -2.20. The third-order valence-electron chi connectivity index (χ3n) is 2.96. The highest BCUT2D eigenvalue weighted by Crippen LogP contribution is 2.19. The maximum Gasteiger partial charge on any atom is 0.252 e. The van der Waals surface area contributed by atoms with Gasteiger partial charge in [0.1, 0.15) is 6.04 Å². The van der Waals surface area contributed by atoms with Gasteiger partial charge in [-0.1, -0.05) is 26.3 Å². The van der Waals surface area contributed by atoms with Gasteiger partial charge in [-0.15, -0.1) is 6.58 Å². The minimum absolute atomic E-state index is 0.0356. The normalized spacial score (nSPS) is 25.0. The summed E-state index contributed by atoms with van der Waals surface area (Å²) in [5.74, 6) is 0.374. The molecule has 0 saturated carbocycles. The predicted octanol–water partition coefficient (Wildman–Crippen LogP) is 1.69. The fourth-order valence-electron chi connectivity index (χ4n) is 1.63. The van der Waals surface area contributed by atoms with E-state index in [1.54, 1.807) is 11.0 Å². The van der Waals surface area contributed by atoms with E-state index in [-0.39, 0.29) is 18.0 Å². The maximum absolute atomic E-state index is 12.0. The first-order valence-electron chi connectivity index (χ1n) is 5.29. The number of carbonyl (C=O) groups excluding carboxylic acids is 1. The monoisotopic (exact) mass is 226 g/mol. The van der Waals surface area contributed by atoms with E-state index in [4.69, 9.17) is 12.2 Å². The number of nitrogens with one attached hydrogen (secondary N) is 1. The molecule has 0 bridgehead atoms. The van der Waals surface area contributed by atoms with Crippen molar-refractivity contribution < 1.29 is 4.79 Å². The number of hydrogen-bond donors (Lipinski definition) is 1. The number of carbonyl (C=O) groups is 1. The fourth-order valence-corrected chi connectivity index (χ4v) is 2.01. The van der Waals surface area contributed by atoms with Crippen molar-refractivity contribution in [2.45, 2.75) is 39.3 Å². The van der Waals surface area contributed by atoms with Crippen molar-refractivity contribution in [3.63, 3.8) is 0 Å². The molecule has 84 valence electrons. The third-order valence-corrected chi connectivity index (χ3v) is 3.28. The summed E-state index contributed by atoms with van der Waals surface area (Å²) in [6.07, 6.45) is 2.69. The van der Waals surface area contributed by atoms with Crippen LogP contribution in [0.5, 0.6) is 0 Å². The molecule has 15 heavy (non-hydrogen) atoms. The molecule has 1 amide bonds. The van der Waals surface area contributed by atoms with E-state index in [9.17, 15) is 4.79 Å². The molecule has 0 aromatic carbocycles. The van der Waals surface area contributed by atoms with E-state index in [1.165, 1.54) is 0 Å². The van der Waals surface area contributed by atoms with Gasteiger partial charge in [-0.3, -0.25) is 9.69 Å². The van der Waals surface area contributed by atoms with E-state index in [1.807, 2.05) is 6.92 Å². The number of hydrogen-bond acceptors (Lipinski definition) is 2. The van der Waals surface area contributed by atoms with Crippen LogP contribution in [0.2, 0.25) is 0 Å². The summed E-state index contributed by atoms with van der Waals surface area (Å²) in [5.41, 5.74) is 0. The van der Waals surface area contributed by atoms with Gasteiger partial charge in [0, 0.05) is 0 Å². The summed E-state index contributed by atoms with van der Waals surface area (Å²) < 4.78 is 0. The first kappa shape index (κ1) is 12.2. The van der Waals surface area contributed by atoms with Crippen LogP contribution in [0.3, 0.4) is 0 Å². The van der Waals surface area contributed by atoms with Gasteiger partial charge in [-0.05, 0) is 25.1 Å². The van der Waals surface area contributed by atoms with Gasteiger partial charge in [0.25, 0.3) is 5.91 Å². The minimum Gasteiger partial charge on any atom is -0.350 e. The maximum atomic E-state index is 12.0. The molecule has 1 fully saturated rings. The first-order chi connectivity index (χ1) is 7.02. The van der Waals surface area contributed by atoms with Crippen LogP contribution >= 0.6 is 12.2 Å². The highest BCUT2D eigenvalue weighted by Gasteiger charge is 2.39. The second-order valence-electron chi connectivity index (χ2n) is 4.00. The minimum atomic E-state index is -0.162. The van der Waals surface area contributed by atoms with E-state index in [0.29, 0.717) is 11.0 Å². The van der Waals surface area contributed by atoms with Gasteiger partial charge >= 0.3 is 0 Å². The Bertz CT molecular complexity index is 290. The molecule has 3 nitrogen and oxygen atoms in total. The summed E-state index contributed by atoms with van der Waals surface area (Å²) in [4.78, 5) is 13.7. The lowest BCUT2D eigenvalue weighted by atomic mass is 9.99. The van der Waals surface area contributed by atoms with Gasteiger partial charge in [-0.2, -0.15) is 0 Å².